The van der Waals surface area contributed by atoms with Gasteiger partial charge in [-0.15, -0.1) is 0 Å². The monoisotopic (exact) mass is 425 g/mol. The van der Waals surface area contributed by atoms with E-state index < -0.39 is 30.0 Å². The highest BCUT2D eigenvalue weighted by Crippen LogP contribution is 2.12. The van der Waals surface area contributed by atoms with Crippen LogP contribution in [-0.2, 0) is 27.4 Å². The molecule has 3 amide bonds. The number of hydrogen-bond acceptors (Lipinski definition) is 4. The molecule has 166 valence electrons. The summed E-state index contributed by atoms with van der Waals surface area (Å²) >= 11 is 0. The molecule has 31 heavy (non-hydrogen) atoms. The van der Waals surface area contributed by atoms with Gasteiger partial charge in [-0.3, -0.25) is 9.59 Å². The molecule has 4 N–H and O–H groups in total. The second-order valence-electron chi connectivity index (χ2n) is 8.01. The van der Waals surface area contributed by atoms with Crippen LogP contribution < -0.4 is 16.4 Å². The summed E-state index contributed by atoms with van der Waals surface area (Å²) in [6.07, 6.45) is -0.437. The van der Waals surface area contributed by atoms with Crippen LogP contribution in [0.1, 0.15) is 36.1 Å². The summed E-state index contributed by atoms with van der Waals surface area (Å²) in [6.45, 7) is 7.67. The molecule has 2 aromatic carbocycles. The third-order valence-electron chi connectivity index (χ3n) is 5.11. The third-order valence-corrected chi connectivity index (χ3v) is 5.11. The van der Waals surface area contributed by atoms with Crippen molar-refractivity contribution in [1.82, 2.24) is 10.6 Å². The zero-order chi connectivity index (χ0) is 23.0. The summed E-state index contributed by atoms with van der Waals surface area (Å²) in [5.41, 5.74) is 9.49. The number of alkyl carbamates (subject to hydrolysis) is 1. The SMILES string of the molecule is Cc1ccc(C[C@H](NC(=O)[C@H](NC(=O)OCc2ccccc2)C(C)C)C(N)=O)cc1C. The van der Waals surface area contributed by atoms with Gasteiger partial charge in [-0.2, -0.15) is 0 Å². The molecule has 2 atom stereocenters. The average Bonchev–Trinajstić information content (AvgIpc) is 2.73. The highest BCUT2D eigenvalue weighted by molar-refractivity contribution is 5.91. The van der Waals surface area contributed by atoms with Gasteiger partial charge in [-0.25, -0.2) is 4.79 Å². The summed E-state index contributed by atoms with van der Waals surface area (Å²) in [6, 6.07) is 13.3. The zero-order valence-corrected chi connectivity index (χ0v) is 18.5. The first kappa shape index (κ1) is 23.9. The van der Waals surface area contributed by atoms with E-state index in [2.05, 4.69) is 10.6 Å². The first-order chi connectivity index (χ1) is 14.7. The molecule has 0 aliphatic heterocycles. The van der Waals surface area contributed by atoms with E-state index in [1.165, 1.54) is 0 Å². The van der Waals surface area contributed by atoms with Crippen LogP contribution in [0.3, 0.4) is 0 Å². The summed E-state index contributed by atoms with van der Waals surface area (Å²) in [7, 11) is 0. The Labute approximate surface area is 183 Å². The van der Waals surface area contributed by atoms with Crippen molar-refractivity contribution in [2.24, 2.45) is 11.7 Å². The number of amides is 3. The molecule has 0 spiro atoms. The highest BCUT2D eigenvalue weighted by atomic mass is 16.5. The van der Waals surface area contributed by atoms with E-state index in [4.69, 9.17) is 10.5 Å². The number of benzene rings is 2. The number of primary amides is 1. The molecule has 7 nitrogen and oxygen atoms in total. The minimum Gasteiger partial charge on any atom is -0.445 e. The maximum Gasteiger partial charge on any atom is 0.408 e. The molecular weight excluding hydrogens is 394 g/mol. The van der Waals surface area contributed by atoms with Crippen molar-refractivity contribution < 1.29 is 19.1 Å². The number of rotatable bonds is 9. The van der Waals surface area contributed by atoms with Gasteiger partial charge in [-0.1, -0.05) is 62.4 Å². The maximum atomic E-state index is 12.8. The maximum absolute atomic E-state index is 12.8. The summed E-state index contributed by atoms with van der Waals surface area (Å²) in [4.78, 5) is 37.0. The van der Waals surface area contributed by atoms with Crippen LogP contribution >= 0.6 is 0 Å². The number of carbonyl (C=O) groups is 3. The Kier molecular flexibility index (Phi) is 8.61. The molecule has 0 aliphatic carbocycles. The number of carbonyl (C=O) groups excluding carboxylic acids is 3. The van der Waals surface area contributed by atoms with Crippen molar-refractivity contribution in [2.75, 3.05) is 0 Å². The van der Waals surface area contributed by atoms with Crippen LogP contribution in [0.5, 0.6) is 0 Å². The Morgan fingerprint density at radius 1 is 0.935 bits per heavy atom. The van der Waals surface area contributed by atoms with E-state index in [1.54, 1.807) is 13.8 Å². The van der Waals surface area contributed by atoms with Gasteiger partial charge in [0.25, 0.3) is 0 Å². The Hall–Kier alpha value is -3.35. The number of aryl methyl sites for hydroxylation is 2. The molecule has 7 heteroatoms. The summed E-state index contributed by atoms with van der Waals surface area (Å²) in [5, 5.41) is 5.26. The molecule has 0 bridgehead atoms. The molecular formula is C24H31N3O4. The smallest absolute Gasteiger partial charge is 0.408 e. The molecule has 0 unspecified atom stereocenters. The lowest BCUT2D eigenvalue weighted by Crippen LogP contribution is -2.55. The van der Waals surface area contributed by atoms with Crippen LogP contribution in [-0.4, -0.2) is 30.0 Å². The minimum atomic E-state index is -0.891. The number of ether oxygens (including phenoxy) is 1. The van der Waals surface area contributed by atoms with Gasteiger partial charge in [0.1, 0.15) is 18.7 Å². The lowest BCUT2D eigenvalue weighted by molar-refractivity contribution is -0.129. The first-order valence-corrected chi connectivity index (χ1v) is 10.3. The van der Waals surface area contributed by atoms with Gasteiger partial charge >= 0.3 is 6.09 Å². The van der Waals surface area contributed by atoms with Crippen molar-refractivity contribution in [3.05, 3.63) is 70.8 Å². The van der Waals surface area contributed by atoms with E-state index >= 15 is 0 Å². The van der Waals surface area contributed by atoms with E-state index in [9.17, 15) is 14.4 Å². The fourth-order valence-corrected chi connectivity index (χ4v) is 3.08. The van der Waals surface area contributed by atoms with Crippen molar-refractivity contribution in [3.63, 3.8) is 0 Å². The van der Waals surface area contributed by atoms with Crippen LogP contribution in [0.4, 0.5) is 4.79 Å². The highest BCUT2D eigenvalue weighted by Gasteiger charge is 2.28. The predicted octanol–water partition coefficient (Wildman–Crippen LogP) is 2.77. The molecule has 0 fully saturated rings. The van der Waals surface area contributed by atoms with Gasteiger partial charge in [0.15, 0.2) is 0 Å². The number of hydrogen-bond donors (Lipinski definition) is 3. The van der Waals surface area contributed by atoms with Crippen LogP contribution in [0.25, 0.3) is 0 Å². The van der Waals surface area contributed by atoms with E-state index in [0.717, 1.165) is 22.3 Å². The summed E-state index contributed by atoms with van der Waals surface area (Å²) < 4.78 is 5.21. The van der Waals surface area contributed by atoms with Crippen LogP contribution in [0.15, 0.2) is 48.5 Å². The lowest BCUT2D eigenvalue weighted by atomic mass is 9.99. The molecule has 2 rings (SSSR count). The Bertz CT molecular complexity index is 912. The second kappa shape index (κ2) is 11.2. The van der Waals surface area contributed by atoms with Crippen LogP contribution in [0, 0.1) is 19.8 Å². The molecule has 0 saturated heterocycles. The molecule has 0 radical (unpaired) electrons. The largest absolute Gasteiger partial charge is 0.445 e. The van der Waals surface area contributed by atoms with Crippen LogP contribution in [0.2, 0.25) is 0 Å². The van der Waals surface area contributed by atoms with Crippen molar-refractivity contribution >= 4 is 17.9 Å². The number of nitrogens with one attached hydrogen (secondary N) is 2. The van der Waals surface area contributed by atoms with Gasteiger partial charge in [0.05, 0.1) is 0 Å². The third kappa shape index (κ3) is 7.44. The molecule has 0 heterocycles. The Balaban J connectivity index is 2.00. The lowest BCUT2D eigenvalue weighted by Gasteiger charge is -2.24. The molecule has 0 aromatic heterocycles. The van der Waals surface area contributed by atoms with E-state index in [0.29, 0.717) is 0 Å². The van der Waals surface area contributed by atoms with Gasteiger partial charge < -0.3 is 21.1 Å². The van der Waals surface area contributed by atoms with E-state index in [1.807, 2.05) is 62.4 Å². The van der Waals surface area contributed by atoms with Gasteiger partial charge in [0.2, 0.25) is 11.8 Å². The number of nitrogens with two attached hydrogens (primary N) is 1. The topological polar surface area (TPSA) is 111 Å². The molecule has 0 aliphatic rings. The zero-order valence-electron chi connectivity index (χ0n) is 18.5. The Morgan fingerprint density at radius 2 is 1.61 bits per heavy atom. The fraction of sp³-hybridized carbons (Fsp3) is 0.375. The average molecular weight is 426 g/mol. The standard InChI is InChI=1S/C24H31N3O4/c1-15(2)21(27-24(30)31-14-18-8-6-5-7-9-18)23(29)26-20(22(25)28)13-19-11-10-16(3)17(4)12-19/h5-12,15,20-21H,13-14H2,1-4H3,(H2,25,28)(H,26,29)(H,27,30)/t20-,21+/m0/s1. The Morgan fingerprint density at radius 3 is 2.19 bits per heavy atom. The van der Waals surface area contributed by atoms with E-state index in [-0.39, 0.29) is 18.9 Å². The van der Waals surface area contributed by atoms with Gasteiger partial charge in [-0.05, 0) is 42.0 Å². The fourth-order valence-electron chi connectivity index (χ4n) is 3.08. The van der Waals surface area contributed by atoms with Gasteiger partial charge in [0, 0.05) is 6.42 Å². The predicted molar refractivity (Wildman–Crippen MR) is 119 cm³/mol. The quantitative estimate of drug-likeness (QED) is 0.574. The van der Waals surface area contributed by atoms with Crippen molar-refractivity contribution in [3.8, 4) is 0 Å². The normalized spacial score (nSPS) is 12.7. The second-order valence-corrected chi connectivity index (χ2v) is 8.01. The first-order valence-electron chi connectivity index (χ1n) is 10.3. The molecule has 0 saturated carbocycles. The summed E-state index contributed by atoms with van der Waals surface area (Å²) in [5.74, 6) is -1.35. The molecule has 2 aromatic rings. The van der Waals surface area contributed by atoms with Crippen molar-refractivity contribution in [2.45, 2.75) is 52.8 Å². The minimum absolute atomic E-state index is 0.0930. The van der Waals surface area contributed by atoms with Crippen molar-refractivity contribution in [1.29, 1.82) is 0 Å².